The van der Waals surface area contributed by atoms with E-state index in [4.69, 9.17) is 10.5 Å². The van der Waals surface area contributed by atoms with Crippen molar-refractivity contribution in [3.8, 4) is 0 Å². The Labute approximate surface area is 80.0 Å². The quantitative estimate of drug-likeness (QED) is 0.681. The minimum Gasteiger partial charge on any atom is -0.450 e. The molecule has 0 aliphatic rings. The zero-order valence-electron chi connectivity index (χ0n) is 8.58. The fourth-order valence-electron chi connectivity index (χ4n) is 1.06. The van der Waals surface area contributed by atoms with Crippen molar-refractivity contribution >= 4 is 6.09 Å². The molecule has 0 aromatic carbocycles. The van der Waals surface area contributed by atoms with Crippen LogP contribution in [0.25, 0.3) is 0 Å². The Balaban J connectivity index is 3.83. The molecule has 0 aromatic heterocycles. The van der Waals surface area contributed by atoms with E-state index >= 15 is 0 Å². The number of hydrogen-bond acceptors (Lipinski definition) is 3. The summed E-state index contributed by atoms with van der Waals surface area (Å²) in [6.07, 6.45) is 1.56. The highest BCUT2D eigenvalue weighted by Crippen LogP contribution is 1.97. The standard InChI is InChI=1S/C9H20N2O2/c1-3-7-11(8-5-6-10)9(12)13-4-2/h3-8,10H2,1-2H3. The van der Waals surface area contributed by atoms with Gasteiger partial charge in [-0.3, -0.25) is 0 Å². The van der Waals surface area contributed by atoms with Crippen molar-refractivity contribution < 1.29 is 9.53 Å². The van der Waals surface area contributed by atoms with E-state index in [1.165, 1.54) is 0 Å². The van der Waals surface area contributed by atoms with Gasteiger partial charge < -0.3 is 15.4 Å². The molecule has 0 unspecified atom stereocenters. The molecule has 4 heteroatoms. The first-order chi connectivity index (χ1) is 6.26. The molecule has 0 aliphatic heterocycles. The topological polar surface area (TPSA) is 55.6 Å². The fourth-order valence-corrected chi connectivity index (χ4v) is 1.06. The van der Waals surface area contributed by atoms with Gasteiger partial charge in [0.05, 0.1) is 6.61 Å². The van der Waals surface area contributed by atoms with Crippen LogP contribution in [0.4, 0.5) is 4.79 Å². The van der Waals surface area contributed by atoms with Crippen LogP contribution in [-0.2, 0) is 4.74 Å². The number of rotatable bonds is 6. The van der Waals surface area contributed by atoms with Crippen molar-refractivity contribution in [3.63, 3.8) is 0 Å². The molecule has 0 saturated carbocycles. The fraction of sp³-hybridized carbons (Fsp3) is 0.889. The van der Waals surface area contributed by atoms with Gasteiger partial charge in [-0.05, 0) is 26.3 Å². The molecule has 13 heavy (non-hydrogen) atoms. The van der Waals surface area contributed by atoms with E-state index in [9.17, 15) is 4.79 Å². The van der Waals surface area contributed by atoms with Crippen molar-refractivity contribution in [1.29, 1.82) is 0 Å². The lowest BCUT2D eigenvalue weighted by Crippen LogP contribution is -2.34. The maximum atomic E-state index is 11.3. The molecule has 0 rings (SSSR count). The second-order valence-electron chi connectivity index (χ2n) is 2.83. The molecule has 0 radical (unpaired) electrons. The molecule has 0 heterocycles. The van der Waals surface area contributed by atoms with E-state index in [0.717, 1.165) is 19.4 Å². The highest BCUT2D eigenvalue weighted by atomic mass is 16.6. The third-order valence-electron chi connectivity index (χ3n) is 1.65. The maximum Gasteiger partial charge on any atom is 0.409 e. The average Bonchev–Trinajstić information content (AvgIpc) is 2.12. The summed E-state index contributed by atoms with van der Waals surface area (Å²) in [5, 5.41) is 0. The molecule has 0 bridgehead atoms. The van der Waals surface area contributed by atoms with Gasteiger partial charge in [-0.25, -0.2) is 4.79 Å². The largest absolute Gasteiger partial charge is 0.450 e. The van der Waals surface area contributed by atoms with Crippen LogP contribution in [0, 0.1) is 0 Å². The molecular weight excluding hydrogens is 168 g/mol. The van der Waals surface area contributed by atoms with Crippen molar-refractivity contribution in [2.24, 2.45) is 5.73 Å². The molecule has 0 spiro atoms. The van der Waals surface area contributed by atoms with Crippen LogP contribution in [0.3, 0.4) is 0 Å². The van der Waals surface area contributed by atoms with E-state index < -0.39 is 0 Å². The summed E-state index contributed by atoms with van der Waals surface area (Å²) in [7, 11) is 0. The lowest BCUT2D eigenvalue weighted by atomic mass is 10.3. The monoisotopic (exact) mass is 188 g/mol. The highest BCUT2D eigenvalue weighted by molar-refractivity contribution is 5.67. The normalized spacial score (nSPS) is 9.77. The first-order valence-corrected chi connectivity index (χ1v) is 4.88. The summed E-state index contributed by atoms with van der Waals surface area (Å²) in [4.78, 5) is 13.0. The first-order valence-electron chi connectivity index (χ1n) is 4.88. The number of ether oxygens (including phenoxy) is 1. The molecule has 4 nitrogen and oxygen atoms in total. The summed E-state index contributed by atoms with van der Waals surface area (Å²) >= 11 is 0. The van der Waals surface area contributed by atoms with Gasteiger partial charge in [0.25, 0.3) is 0 Å². The molecule has 0 aliphatic carbocycles. The number of amides is 1. The lowest BCUT2D eigenvalue weighted by Gasteiger charge is -2.20. The minimum absolute atomic E-state index is 0.224. The molecule has 78 valence electrons. The third kappa shape index (κ3) is 5.47. The number of nitrogens with two attached hydrogens (primary N) is 1. The lowest BCUT2D eigenvalue weighted by molar-refractivity contribution is 0.107. The second kappa shape index (κ2) is 7.86. The van der Waals surface area contributed by atoms with Gasteiger partial charge in [-0.15, -0.1) is 0 Å². The summed E-state index contributed by atoms with van der Waals surface area (Å²) in [5.41, 5.74) is 5.37. The van der Waals surface area contributed by atoms with Crippen LogP contribution in [0.2, 0.25) is 0 Å². The SMILES string of the molecule is CCCN(CCCN)C(=O)OCC. The average molecular weight is 188 g/mol. The van der Waals surface area contributed by atoms with E-state index in [1.54, 1.807) is 4.90 Å². The maximum absolute atomic E-state index is 11.3. The highest BCUT2D eigenvalue weighted by Gasteiger charge is 2.11. The Morgan fingerprint density at radius 1 is 1.38 bits per heavy atom. The van der Waals surface area contributed by atoms with Gasteiger partial charge in [0.15, 0.2) is 0 Å². The molecule has 1 amide bonds. The van der Waals surface area contributed by atoms with Crippen molar-refractivity contribution in [1.82, 2.24) is 4.90 Å². The van der Waals surface area contributed by atoms with Crippen LogP contribution >= 0.6 is 0 Å². The van der Waals surface area contributed by atoms with E-state index in [2.05, 4.69) is 0 Å². The summed E-state index contributed by atoms with van der Waals surface area (Å²) in [5.74, 6) is 0. The van der Waals surface area contributed by atoms with Crippen molar-refractivity contribution in [2.75, 3.05) is 26.2 Å². The van der Waals surface area contributed by atoms with Crippen LogP contribution in [0.15, 0.2) is 0 Å². The predicted molar refractivity (Wildman–Crippen MR) is 52.6 cm³/mol. The smallest absolute Gasteiger partial charge is 0.409 e. The Hall–Kier alpha value is -0.770. The minimum atomic E-state index is -0.224. The van der Waals surface area contributed by atoms with Gasteiger partial charge in [0.1, 0.15) is 0 Å². The molecule has 0 aromatic rings. The number of carbonyl (C=O) groups excluding carboxylic acids is 1. The van der Waals surface area contributed by atoms with Gasteiger partial charge in [0.2, 0.25) is 0 Å². The Bertz CT molecular complexity index is 140. The number of carbonyl (C=O) groups is 1. The molecular formula is C9H20N2O2. The summed E-state index contributed by atoms with van der Waals surface area (Å²) in [6, 6.07) is 0. The second-order valence-corrected chi connectivity index (χ2v) is 2.83. The van der Waals surface area contributed by atoms with Gasteiger partial charge in [0, 0.05) is 13.1 Å². The van der Waals surface area contributed by atoms with Crippen molar-refractivity contribution in [3.05, 3.63) is 0 Å². The molecule has 0 fully saturated rings. The predicted octanol–water partition coefficient (Wildman–Crippen LogP) is 1.20. The van der Waals surface area contributed by atoms with E-state index in [1.807, 2.05) is 13.8 Å². The summed E-state index contributed by atoms with van der Waals surface area (Å²) in [6.45, 7) is 6.34. The van der Waals surface area contributed by atoms with Crippen LogP contribution in [0.1, 0.15) is 26.7 Å². The van der Waals surface area contributed by atoms with Crippen molar-refractivity contribution in [2.45, 2.75) is 26.7 Å². The van der Waals surface area contributed by atoms with E-state index in [-0.39, 0.29) is 6.09 Å². The van der Waals surface area contributed by atoms with Crippen LogP contribution in [-0.4, -0.2) is 37.2 Å². The zero-order valence-corrected chi connectivity index (χ0v) is 8.58. The Morgan fingerprint density at radius 3 is 2.54 bits per heavy atom. The number of nitrogens with zero attached hydrogens (tertiary/aromatic N) is 1. The molecule has 0 atom stereocenters. The Kier molecular flexibility index (Phi) is 7.39. The van der Waals surface area contributed by atoms with Gasteiger partial charge in [-0.2, -0.15) is 0 Å². The summed E-state index contributed by atoms with van der Waals surface area (Å²) < 4.78 is 4.90. The zero-order chi connectivity index (χ0) is 10.1. The van der Waals surface area contributed by atoms with Crippen LogP contribution < -0.4 is 5.73 Å². The third-order valence-corrected chi connectivity index (χ3v) is 1.65. The van der Waals surface area contributed by atoms with E-state index in [0.29, 0.717) is 19.7 Å². The molecule has 0 saturated heterocycles. The Morgan fingerprint density at radius 2 is 2.08 bits per heavy atom. The molecule has 2 N–H and O–H groups in total. The van der Waals surface area contributed by atoms with Crippen LogP contribution in [0.5, 0.6) is 0 Å². The first kappa shape index (κ1) is 12.2. The number of hydrogen-bond donors (Lipinski definition) is 1. The van der Waals surface area contributed by atoms with Gasteiger partial charge >= 0.3 is 6.09 Å². The van der Waals surface area contributed by atoms with Gasteiger partial charge in [-0.1, -0.05) is 6.92 Å².